The summed E-state index contributed by atoms with van der Waals surface area (Å²) in [4.78, 5) is 4.37. The average molecular weight is 342 g/mol. The summed E-state index contributed by atoms with van der Waals surface area (Å²) in [7, 11) is 1.82. The van der Waals surface area contributed by atoms with Crippen LogP contribution in [0.3, 0.4) is 0 Å². The van der Waals surface area contributed by atoms with E-state index in [2.05, 4.69) is 26.2 Å². The van der Waals surface area contributed by atoms with Crippen LogP contribution in [0.25, 0.3) is 0 Å². The van der Waals surface area contributed by atoms with Gasteiger partial charge >= 0.3 is 0 Å². The molecule has 0 amide bonds. The molecule has 5 heteroatoms. The Morgan fingerprint density at radius 1 is 1.32 bits per heavy atom. The summed E-state index contributed by atoms with van der Waals surface area (Å²) in [5, 5.41) is 3.58. The monoisotopic (exact) mass is 340 g/mol. The van der Waals surface area contributed by atoms with Crippen molar-refractivity contribution in [2.75, 3.05) is 12.4 Å². The van der Waals surface area contributed by atoms with E-state index in [0.717, 1.165) is 16.0 Å². The molecule has 0 aliphatic carbocycles. The van der Waals surface area contributed by atoms with E-state index in [1.54, 1.807) is 0 Å². The Morgan fingerprint density at radius 3 is 2.79 bits per heavy atom. The Bertz CT molecular complexity index is 590. The number of nitrogens with one attached hydrogen (secondary N) is 1. The van der Waals surface area contributed by atoms with Crippen molar-refractivity contribution < 1.29 is 4.74 Å². The maximum absolute atomic E-state index is 6.10. The minimum Gasteiger partial charge on any atom is -0.486 e. The molecule has 1 N–H and O–H groups in total. The molecule has 0 fully saturated rings. The lowest BCUT2D eigenvalue weighted by molar-refractivity contribution is 0.299. The molecule has 3 nitrogen and oxygen atoms in total. The number of benzene rings is 1. The normalized spacial score (nSPS) is 10.3. The smallest absolute Gasteiger partial charge is 0.134 e. The number of ether oxygens (including phenoxy) is 1. The lowest BCUT2D eigenvalue weighted by atomic mass is 10.2. The molecule has 0 radical (unpaired) electrons. The topological polar surface area (TPSA) is 34.1 Å². The SMILES string of the molecule is CNc1ccc(Cl)c(COc2ccc(C)cc2Br)n1. The van der Waals surface area contributed by atoms with Crippen molar-refractivity contribution in [1.29, 1.82) is 0 Å². The van der Waals surface area contributed by atoms with Gasteiger partial charge in [-0.15, -0.1) is 0 Å². The van der Waals surface area contributed by atoms with E-state index in [1.807, 2.05) is 44.3 Å². The van der Waals surface area contributed by atoms with Gasteiger partial charge in [-0.1, -0.05) is 17.7 Å². The van der Waals surface area contributed by atoms with Crippen molar-refractivity contribution in [3.05, 3.63) is 51.1 Å². The first-order valence-corrected chi connectivity index (χ1v) is 6.99. The van der Waals surface area contributed by atoms with Crippen LogP contribution >= 0.6 is 27.5 Å². The second-order valence-corrected chi connectivity index (χ2v) is 5.36. The van der Waals surface area contributed by atoms with E-state index in [1.165, 1.54) is 5.56 Å². The van der Waals surface area contributed by atoms with Crippen LogP contribution in [0.1, 0.15) is 11.3 Å². The minimum atomic E-state index is 0.329. The van der Waals surface area contributed by atoms with Crippen LogP contribution in [-0.4, -0.2) is 12.0 Å². The number of halogens is 2. The lowest BCUT2D eigenvalue weighted by Crippen LogP contribution is -2.02. The zero-order chi connectivity index (χ0) is 13.8. The molecule has 1 heterocycles. The Kier molecular flexibility index (Phi) is 4.66. The Morgan fingerprint density at radius 2 is 2.11 bits per heavy atom. The summed E-state index contributed by atoms with van der Waals surface area (Å²) in [6.45, 7) is 2.36. The van der Waals surface area contributed by atoms with Gasteiger partial charge in [-0.25, -0.2) is 4.98 Å². The van der Waals surface area contributed by atoms with Crippen LogP contribution in [0.4, 0.5) is 5.82 Å². The van der Waals surface area contributed by atoms with E-state index in [0.29, 0.717) is 17.3 Å². The molecule has 19 heavy (non-hydrogen) atoms. The molecule has 0 aliphatic rings. The first kappa shape index (κ1) is 14.2. The minimum absolute atomic E-state index is 0.329. The van der Waals surface area contributed by atoms with Gasteiger partial charge in [0.1, 0.15) is 18.2 Å². The predicted octanol–water partition coefficient (Wildman–Crippen LogP) is 4.43. The highest BCUT2D eigenvalue weighted by atomic mass is 79.9. The highest BCUT2D eigenvalue weighted by Gasteiger charge is 2.06. The molecule has 2 aromatic rings. The third-order valence-electron chi connectivity index (χ3n) is 2.63. The Balaban J connectivity index is 2.14. The van der Waals surface area contributed by atoms with Crippen LogP contribution in [0.2, 0.25) is 5.02 Å². The van der Waals surface area contributed by atoms with Crippen molar-refractivity contribution >= 4 is 33.3 Å². The van der Waals surface area contributed by atoms with Gasteiger partial charge < -0.3 is 10.1 Å². The summed E-state index contributed by atoms with van der Waals surface area (Å²) in [6.07, 6.45) is 0. The van der Waals surface area contributed by atoms with E-state index in [4.69, 9.17) is 16.3 Å². The largest absolute Gasteiger partial charge is 0.486 e. The number of aryl methyl sites for hydroxylation is 1. The number of rotatable bonds is 4. The van der Waals surface area contributed by atoms with Crippen LogP contribution in [0, 0.1) is 6.92 Å². The molecule has 0 saturated carbocycles. The van der Waals surface area contributed by atoms with Gasteiger partial charge in [-0.2, -0.15) is 0 Å². The van der Waals surface area contributed by atoms with Crippen LogP contribution in [-0.2, 0) is 6.61 Å². The van der Waals surface area contributed by atoms with Crippen molar-refractivity contribution in [2.45, 2.75) is 13.5 Å². The highest BCUT2D eigenvalue weighted by molar-refractivity contribution is 9.10. The van der Waals surface area contributed by atoms with Gasteiger partial charge in [0, 0.05) is 7.05 Å². The molecule has 1 aromatic carbocycles. The van der Waals surface area contributed by atoms with Gasteiger partial charge in [0.15, 0.2) is 0 Å². The first-order valence-electron chi connectivity index (χ1n) is 5.82. The van der Waals surface area contributed by atoms with E-state index < -0.39 is 0 Å². The van der Waals surface area contributed by atoms with Crippen molar-refractivity contribution in [1.82, 2.24) is 4.98 Å². The second kappa shape index (κ2) is 6.26. The quantitative estimate of drug-likeness (QED) is 0.893. The second-order valence-electron chi connectivity index (χ2n) is 4.10. The molecular weight excluding hydrogens is 328 g/mol. The van der Waals surface area contributed by atoms with Crippen molar-refractivity contribution in [2.24, 2.45) is 0 Å². The molecule has 0 atom stereocenters. The van der Waals surface area contributed by atoms with E-state index in [-0.39, 0.29) is 0 Å². The molecule has 100 valence electrons. The van der Waals surface area contributed by atoms with E-state index in [9.17, 15) is 0 Å². The molecular formula is C14H14BrClN2O. The summed E-state index contributed by atoms with van der Waals surface area (Å²) < 4.78 is 6.66. The fraction of sp³-hybridized carbons (Fsp3) is 0.214. The maximum atomic E-state index is 6.10. The predicted molar refractivity (Wildman–Crippen MR) is 82.0 cm³/mol. The summed E-state index contributed by atoms with van der Waals surface area (Å²) in [6, 6.07) is 9.57. The van der Waals surface area contributed by atoms with Crippen molar-refractivity contribution in [3.63, 3.8) is 0 Å². The highest BCUT2D eigenvalue weighted by Crippen LogP contribution is 2.27. The molecule has 0 spiro atoms. The lowest BCUT2D eigenvalue weighted by Gasteiger charge is -2.10. The third kappa shape index (κ3) is 3.61. The molecule has 0 bridgehead atoms. The maximum Gasteiger partial charge on any atom is 0.134 e. The number of anilines is 1. The summed E-state index contributed by atoms with van der Waals surface area (Å²) in [5.74, 6) is 1.55. The summed E-state index contributed by atoms with van der Waals surface area (Å²) in [5.41, 5.74) is 1.88. The van der Waals surface area contributed by atoms with Gasteiger partial charge in [0.05, 0.1) is 15.2 Å². The third-order valence-corrected chi connectivity index (χ3v) is 3.59. The number of nitrogens with zero attached hydrogens (tertiary/aromatic N) is 1. The van der Waals surface area contributed by atoms with Gasteiger partial charge in [0.25, 0.3) is 0 Å². The molecule has 0 unspecified atom stereocenters. The first-order chi connectivity index (χ1) is 9.10. The Labute approximate surface area is 126 Å². The van der Waals surface area contributed by atoms with Gasteiger partial charge in [-0.3, -0.25) is 0 Å². The van der Waals surface area contributed by atoms with Crippen LogP contribution in [0.15, 0.2) is 34.8 Å². The number of pyridine rings is 1. The molecule has 0 aliphatic heterocycles. The molecule has 0 saturated heterocycles. The summed E-state index contributed by atoms with van der Waals surface area (Å²) >= 11 is 9.58. The number of hydrogen-bond donors (Lipinski definition) is 1. The average Bonchev–Trinajstić information content (AvgIpc) is 2.39. The fourth-order valence-electron chi connectivity index (χ4n) is 1.59. The zero-order valence-electron chi connectivity index (χ0n) is 10.7. The van der Waals surface area contributed by atoms with Crippen molar-refractivity contribution in [3.8, 4) is 5.75 Å². The molecule has 1 aromatic heterocycles. The number of hydrogen-bond acceptors (Lipinski definition) is 3. The standard InChI is InChI=1S/C14H14BrClN2O/c1-9-3-5-13(10(15)7-9)19-8-12-11(16)4-6-14(17-2)18-12/h3-7H,8H2,1-2H3,(H,17,18). The van der Waals surface area contributed by atoms with Crippen LogP contribution in [0.5, 0.6) is 5.75 Å². The van der Waals surface area contributed by atoms with Crippen LogP contribution < -0.4 is 10.1 Å². The Hall–Kier alpha value is -1.26. The zero-order valence-corrected chi connectivity index (χ0v) is 13.0. The van der Waals surface area contributed by atoms with Gasteiger partial charge in [-0.05, 0) is 52.7 Å². The fourth-order valence-corrected chi connectivity index (χ4v) is 2.36. The molecule has 2 rings (SSSR count). The van der Waals surface area contributed by atoms with E-state index >= 15 is 0 Å². The number of aromatic nitrogens is 1. The van der Waals surface area contributed by atoms with Gasteiger partial charge in [0.2, 0.25) is 0 Å².